The van der Waals surface area contributed by atoms with E-state index in [0.29, 0.717) is 24.3 Å². The first-order chi connectivity index (χ1) is 11.5. The van der Waals surface area contributed by atoms with E-state index in [4.69, 9.17) is 0 Å². The monoisotopic (exact) mass is 329 g/mol. The lowest BCUT2D eigenvalue weighted by molar-refractivity contribution is -0.145. The van der Waals surface area contributed by atoms with E-state index < -0.39 is 12.0 Å². The van der Waals surface area contributed by atoms with Crippen molar-refractivity contribution in [1.82, 2.24) is 5.32 Å². The average Bonchev–Trinajstić information content (AvgIpc) is 2.64. The molecule has 2 N–H and O–H groups in total. The van der Waals surface area contributed by atoms with E-state index in [1.807, 2.05) is 18.2 Å². The van der Waals surface area contributed by atoms with Crippen LogP contribution in [0.4, 0.5) is 0 Å². The lowest BCUT2D eigenvalue weighted by Gasteiger charge is -2.46. The topological polar surface area (TPSA) is 49.3 Å². The molecule has 0 heterocycles. The van der Waals surface area contributed by atoms with Gasteiger partial charge in [-0.1, -0.05) is 57.0 Å². The van der Waals surface area contributed by atoms with Crippen LogP contribution in [0.1, 0.15) is 57.9 Å². The van der Waals surface area contributed by atoms with Crippen molar-refractivity contribution in [3.8, 4) is 0 Å². The highest BCUT2D eigenvalue weighted by Gasteiger charge is 2.49. The molecule has 2 aliphatic rings. The Morgan fingerprint density at radius 1 is 1.17 bits per heavy atom. The molecule has 1 aromatic rings. The summed E-state index contributed by atoms with van der Waals surface area (Å²) in [5.41, 5.74) is 1.07. The van der Waals surface area contributed by atoms with Crippen molar-refractivity contribution in [1.29, 1.82) is 0 Å². The summed E-state index contributed by atoms with van der Waals surface area (Å²) in [5.74, 6) is 1.29. The standard InChI is InChI=1S/C21H31NO2/c1-15-8-9-18-10-16(2)12-21(11-15,13-18)19(20(23)24)22-14-17-6-4-3-5-7-17/h3-7,15-16,18-19,22H,8-14H2,1-2H3,(H,23,24)/t15?,16?,18?,19?,21-/m1/s1. The van der Waals surface area contributed by atoms with Gasteiger partial charge < -0.3 is 5.11 Å². The Balaban J connectivity index is 1.82. The normalized spacial score (nSPS) is 34.3. The maximum atomic E-state index is 12.2. The molecular formula is C21H31NO2. The third-order valence-electron chi connectivity index (χ3n) is 6.22. The van der Waals surface area contributed by atoms with E-state index in [1.165, 1.54) is 19.3 Å². The lowest BCUT2D eigenvalue weighted by Crippen LogP contribution is -2.53. The minimum Gasteiger partial charge on any atom is -0.480 e. The van der Waals surface area contributed by atoms with Crippen molar-refractivity contribution in [3.05, 3.63) is 35.9 Å². The zero-order chi connectivity index (χ0) is 17.2. The predicted molar refractivity (Wildman–Crippen MR) is 96.7 cm³/mol. The second-order valence-electron chi connectivity index (χ2n) is 8.50. The average molecular weight is 329 g/mol. The molecule has 5 atom stereocenters. The molecule has 2 saturated carbocycles. The molecule has 3 nitrogen and oxygen atoms in total. The van der Waals surface area contributed by atoms with Gasteiger partial charge in [0.1, 0.15) is 6.04 Å². The molecule has 1 aromatic carbocycles. The Hall–Kier alpha value is -1.35. The molecule has 0 aliphatic heterocycles. The van der Waals surface area contributed by atoms with Crippen LogP contribution in [0.5, 0.6) is 0 Å². The summed E-state index contributed by atoms with van der Waals surface area (Å²) in [4.78, 5) is 12.2. The second kappa shape index (κ2) is 7.26. The summed E-state index contributed by atoms with van der Waals surface area (Å²) in [6, 6.07) is 9.70. The van der Waals surface area contributed by atoms with Crippen LogP contribution in [0.15, 0.2) is 30.3 Å². The first-order valence-electron chi connectivity index (χ1n) is 9.48. The maximum absolute atomic E-state index is 12.2. The third-order valence-corrected chi connectivity index (χ3v) is 6.22. The number of hydrogen-bond donors (Lipinski definition) is 2. The first kappa shape index (κ1) is 17.5. The van der Waals surface area contributed by atoms with Gasteiger partial charge in [0.2, 0.25) is 0 Å². The Labute approximate surface area is 145 Å². The molecule has 2 aliphatic carbocycles. The van der Waals surface area contributed by atoms with Gasteiger partial charge in [-0.15, -0.1) is 0 Å². The number of aliphatic carboxylic acids is 1. The van der Waals surface area contributed by atoms with Crippen molar-refractivity contribution < 1.29 is 9.90 Å². The van der Waals surface area contributed by atoms with Gasteiger partial charge in [0.05, 0.1) is 0 Å². The number of carboxylic acid groups (broad SMARTS) is 1. The number of rotatable bonds is 5. The third kappa shape index (κ3) is 3.83. The molecule has 2 bridgehead atoms. The highest BCUT2D eigenvalue weighted by atomic mass is 16.4. The highest BCUT2D eigenvalue weighted by molar-refractivity contribution is 5.74. The van der Waals surface area contributed by atoms with E-state index >= 15 is 0 Å². The van der Waals surface area contributed by atoms with Crippen LogP contribution in [-0.2, 0) is 11.3 Å². The van der Waals surface area contributed by atoms with Crippen LogP contribution >= 0.6 is 0 Å². The molecule has 24 heavy (non-hydrogen) atoms. The van der Waals surface area contributed by atoms with Crippen LogP contribution in [0.3, 0.4) is 0 Å². The van der Waals surface area contributed by atoms with Gasteiger partial charge >= 0.3 is 5.97 Å². The highest BCUT2D eigenvalue weighted by Crippen LogP contribution is 2.52. The fraction of sp³-hybridized carbons (Fsp3) is 0.667. The number of benzene rings is 1. The van der Waals surface area contributed by atoms with Crippen molar-refractivity contribution in [2.45, 2.75) is 65.0 Å². The van der Waals surface area contributed by atoms with Gasteiger partial charge in [0, 0.05) is 6.54 Å². The number of nitrogens with one attached hydrogen (secondary N) is 1. The summed E-state index contributed by atoms with van der Waals surface area (Å²) in [7, 11) is 0. The Bertz CT molecular complexity index is 554. The van der Waals surface area contributed by atoms with Crippen LogP contribution in [0.25, 0.3) is 0 Å². The minimum atomic E-state index is -0.673. The molecule has 0 aromatic heterocycles. The van der Waals surface area contributed by atoms with Crippen molar-refractivity contribution in [2.75, 3.05) is 0 Å². The Morgan fingerprint density at radius 2 is 1.88 bits per heavy atom. The molecule has 2 fully saturated rings. The molecular weight excluding hydrogens is 298 g/mol. The zero-order valence-electron chi connectivity index (χ0n) is 15.0. The van der Waals surface area contributed by atoms with Gasteiger partial charge in [-0.25, -0.2) is 0 Å². The van der Waals surface area contributed by atoms with Gasteiger partial charge in [0.25, 0.3) is 0 Å². The summed E-state index contributed by atoms with van der Waals surface area (Å²) in [5, 5.41) is 13.4. The van der Waals surface area contributed by atoms with Gasteiger partial charge in [-0.2, -0.15) is 0 Å². The van der Waals surface area contributed by atoms with E-state index in [9.17, 15) is 9.90 Å². The first-order valence-corrected chi connectivity index (χ1v) is 9.48. The van der Waals surface area contributed by atoms with Crippen LogP contribution in [0.2, 0.25) is 0 Å². The number of fused-ring (bicyclic) bond motifs is 2. The van der Waals surface area contributed by atoms with Gasteiger partial charge in [-0.05, 0) is 54.4 Å². The summed E-state index contributed by atoms with van der Waals surface area (Å²) in [6.07, 6.45) is 6.99. The second-order valence-corrected chi connectivity index (χ2v) is 8.50. The number of carbonyl (C=O) groups is 1. The lowest BCUT2D eigenvalue weighted by atomic mass is 9.60. The fourth-order valence-electron chi connectivity index (χ4n) is 5.53. The Morgan fingerprint density at radius 3 is 2.58 bits per heavy atom. The van der Waals surface area contributed by atoms with E-state index in [-0.39, 0.29) is 5.41 Å². The van der Waals surface area contributed by atoms with Gasteiger partial charge in [0.15, 0.2) is 0 Å². The van der Waals surface area contributed by atoms with Gasteiger partial charge in [-0.3, -0.25) is 10.1 Å². The maximum Gasteiger partial charge on any atom is 0.321 e. The molecule has 132 valence electrons. The smallest absolute Gasteiger partial charge is 0.321 e. The summed E-state index contributed by atoms with van der Waals surface area (Å²) in [6.45, 7) is 5.25. The van der Waals surface area contributed by atoms with Crippen LogP contribution in [-0.4, -0.2) is 17.1 Å². The van der Waals surface area contributed by atoms with Crippen molar-refractivity contribution in [2.24, 2.45) is 23.2 Å². The molecule has 4 unspecified atom stereocenters. The SMILES string of the molecule is CC1CCC2CC(C)C[C@](C(NCc3ccccc3)C(=O)O)(C1)C2. The largest absolute Gasteiger partial charge is 0.480 e. The van der Waals surface area contributed by atoms with Crippen molar-refractivity contribution >= 4 is 5.97 Å². The van der Waals surface area contributed by atoms with Crippen molar-refractivity contribution in [3.63, 3.8) is 0 Å². The summed E-state index contributed by atoms with van der Waals surface area (Å²) >= 11 is 0. The van der Waals surface area contributed by atoms with E-state index in [0.717, 1.165) is 24.8 Å². The number of hydrogen-bond acceptors (Lipinski definition) is 2. The fourth-order valence-corrected chi connectivity index (χ4v) is 5.53. The van der Waals surface area contributed by atoms with Crippen LogP contribution in [0, 0.1) is 23.2 Å². The molecule has 0 saturated heterocycles. The zero-order valence-corrected chi connectivity index (χ0v) is 15.0. The molecule has 0 amide bonds. The van der Waals surface area contributed by atoms with E-state index in [2.05, 4.69) is 31.3 Å². The minimum absolute atomic E-state index is 0.0845. The summed E-state index contributed by atoms with van der Waals surface area (Å²) < 4.78 is 0. The quantitative estimate of drug-likeness (QED) is 0.838. The molecule has 3 heteroatoms. The van der Waals surface area contributed by atoms with Crippen LogP contribution < -0.4 is 5.32 Å². The predicted octanol–water partition coefficient (Wildman–Crippen LogP) is 4.47. The Kier molecular flexibility index (Phi) is 5.29. The van der Waals surface area contributed by atoms with E-state index in [1.54, 1.807) is 0 Å². The molecule has 0 spiro atoms. The number of carboxylic acids is 1. The molecule has 0 radical (unpaired) electrons. The molecule has 3 rings (SSSR count).